The highest BCUT2D eigenvalue weighted by atomic mass is 16.5. The van der Waals surface area contributed by atoms with E-state index >= 15 is 0 Å². The first-order valence-electron chi connectivity index (χ1n) is 7.50. The minimum absolute atomic E-state index is 0.162. The van der Waals surface area contributed by atoms with E-state index in [1.807, 2.05) is 30.3 Å². The third-order valence-electron chi connectivity index (χ3n) is 3.68. The van der Waals surface area contributed by atoms with Crippen LogP contribution in [-0.4, -0.2) is 31.0 Å². The van der Waals surface area contributed by atoms with Crippen molar-refractivity contribution in [1.29, 1.82) is 5.26 Å². The Morgan fingerprint density at radius 2 is 2.00 bits per heavy atom. The number of methoxy groups -OCH3 is 1. The van der Waals surface area contributed by atoms with E-state index in [4.69, 9.17) is 4.74 Å². The molecule has 1 aliphatic rings. The van der Waals surface area contributed by atoms with Crippen molar-refractivity contribution in [3.63, 3.8) is 0 Å². The fraction of sp³-hybridized carbons (Fsp3) is 0.412. The molecule has 0 spiro atoms. The van der Waals surface area contributed by atoms with Crippen LogP contribution in [0.25, 0.3) is 0 Å². The first-order chi connectivity index (χ1) is 10.7. The van der Waals surface area contributed by atoms with Crippen LogP contribution in [0.1, 0.15) is 24.8 Å². The monoisotopic (exact) mass is 299 g/mol. The molecule has 22 heavy (non-hydrogen) atoms. The SMILES string of the molecule is COc1ccc(CNC(=O)/C(C#N)=C\N2CCCCC2)cc1. The van der Waals surface area contributed by atoms with Gasteiger partial charge in [0.05, 0.1) is 7.11 Å². The molecule has 1 amide bonds. The zero-order chi connectivity index (χ0) is 15.8. The van der Waals surface area contributed by atoms with Gasteiger partial charge < -0.3 is 15.0 Å². The summed E-state index contributed by atoms with van der Waals surface area (Å²) in [5.41, 5.74) is 1.12. The van der Waals surface area contributed by atoms with Gasteiger partial charge in [-0.1, -0.05) is 12.1 Å². The molecule has 116 valence electrons. The Hall–Kier alpha value is -2.48. The molecule has 0 aromatic heterocycles. The van der Waals surface area contributed by atoms with Crippen molar-refractivity contribution in [2.24, 2.45) is 0 Å². The lowest BCUT2D eigenvalue weighted by Gasteiger charge is -2.25. The van der Waals surface area contributed by atoms with Gasteiger partial charge in [-0.3, -0.25) is 4.79 Å². The molecule has 0 unspecified atom stereocenters. The standard InChI is InChI=1S/C17H21N3O2/c1-22-16-7-5-14(6-8-16)12-19-17(21)15(11-18)13-20-9-3-2-4-10-20/h5-8,13H,2-4,9-10,12H2,1H3,(H,19,21)/b15-13-. The molecule has 5 heteroatoms. The lowest BCUT2D eigenvalue weighted by molar-refractivity contribution is -0.117. The third kappa shape index (κ3) is 4.52. The fourth-order valence-electron chi connectivity index (χ4n) is 2.39. The number of carbonyl (C=O) groups is 1. The molecular formula is C17H21N3O2. The average Bonchev–Trinajstić information content (AvgIpc) is 2.59. The highest BCUT2D eigenvalue weighted by molar-refractivity contribution is 5.97. The Balaban J connectivity index is 1.91. The van der Waals surface area contributed by atoms with Crippen molar-refractivity contribution in [2.45, 2.75) is 25.8 Å². The maximum atomic E-state index is 12.1. The van der Waals surface area contributed by atoms with Gasteiger partial charge in [0, 0.05) is 25.8 Å². The number of carbonyl (C=O) groups excluding carboxylic acids is 1. The minimum Gasteiger partial charge on any atom is -0.497 e. The second-order valence-corrected chi connectivity index (χ2v) is 5.28. The van der Waals surface area contributed by atoms with E-state index in [0.29, 0.717) is 6.54 Å². The van der Waals surface area contributed by atoms with Crippen LogP contribution in [0, 0.1) is 11.3 Å². The van der Waals surface area contributed by atoms with Gasteiger partial charge in [-0.15, -0.1) is 0 Å². The molecule has 1 aromatic carbocycles. The zero-order valence-corrected chi connectivity index (χ0v) is 12.8. The van der Waals surface area contributed by atoms with Crippen molar-refractivity contribution < 1.29 is 9.53 Å². The number of benzene rings is 1. The molecule has 0 saturated carbocycles. The summed E-state index contributed by atoms with van der Waals surface area (Å²) in [6.45, 7) is 2.22. The number of hydrogen-bond donors (Lipinski definition) is 1. The van der Waals surface area contributed by atoms with Crippen LogP contribution < -0.4 is 10.1 Å². The van der Waals surface area contributed by atoms with Crippen LogP contribution in [0.15, 0.2) is 36.0 Å². The summed E-state index contributed by atoms with van der Waals surface area (Å²) >= 11 is 0. The van der Waals surface area contributed by atoms with Gasteiger partial charge in [0.2, 0.25) is 0 Å². The van der Waals surface area contributed by atoms with Crippen LogP contribution in [-0.2, 0) is 11.3 Å². The smallest absolute Gasteiger partial charge is 0.263 e. The molecule has 5 nitrogen and oxygen atoms in total. The number of ether oxygens (including phenoxy) is 1. The Kier molecular flexibility index (Phi) is 5.84. The van der Waals surface area contributed by atoms with Gasteiger partial charge in [-0.05, 0) is 37.0 Å². The fourth-order valence-corrected chi connectivity index (χ4v) is 2.39. The number of nitrogens with zero attached hydrogens (tertiary/aromatic N) is 2. The number of rotatable bonds is 5. The summed E-state index contributed by atoms with van der Waals surface area (Å²) in [7, 11) is 1.61. The number of amides is 1. The summed E-state index contributed by atoms with van der Waals surface area (Å²) in [4.78, 5) is 14.1. The molecule has 2 rings (SSSR count). The molecule has 1 saturated heterocycles. The number of hydrogen-bond acceptors (Lipinski definition) is 4. The van der Waals surface area contributed by atoms with E-state index in [0.717, 1.165) is 37.2 Å². The second-order valence-electron chi connectivity index (χ2n) is 5.28. The van der Waals surface area contributed by atoms with E-state index in [1.54, 1.807) is 13.3 Å². The highest BCUT2D eigenvalue weighted by Crippen LogP contribution is 2.12. The summed E-state index contributed by atoms with van der Waals surface area (Å²) < 4.78 is 5.09. The zero-order valence-electron chi connectivity index (χ0n) is 12.8. The maximum absolute atomic E-state index is 12.1. The molecule has 1 N–H and O–H groups in total. The number of nitriles is 1. The van der Waals surface area contributed by atoms with E-state index in [2.05, 4.69) is 10.2 Å². The highest BCUT2D eigenvalue weighted by Gasteiger charge is 2.13. The molecule has 0 atom stereocenters. The summed E-state index contributed by atoms with van der Waals surface area (Å²) in [6, 6.07) is 9.45. The van der Waals surface area contributed by atoms with Crippen molar-refractivity contribution >= 4 is 5.91 Å². The Morgan fingerprint density at radius 3 is 2.59 bits per heavy atom. The molecule has 1 aromatic rings. The predicted molar refractivity (Wildman–Crippen MR) is 84.0 cm³/mol. The van der Waals surface area contributed by atoms with Crippen LogP contribution >= 0.6 is 0 Å². The lowest BCUT2D eigenvalue weighted by Crippen LogP contribution is -2.29. The van der Waals surface area contributed by atoms with E-state index in [9.17, 15) is 10.1 Å². The quantitative estimate of drug-likeness (QED) is 0.668. The van der Waals surface area contributed by atoms with Gasteiger partial charge >= 0.3 is 0 Å². The summed E-state index contributed by atoms with van der Waals surface area (Å²) in [5.74, 6) is 0.446. The van der Waals surface area contributed by atoms with Gasteiger partial charge in [-0.25, -0.2) is 0 Å². The van der Waals surface area contributed by atoms with Crippen molar-refractivity contribution in [2.75, 3.05) is 20.2 Å². The molecule has 1 heterocycles. The first-order valence-corrected chi connectivity index (χ1v) is 7.50. The molecule has 0 aliphatic carbocycles. The number of piperidine rings is 1. The minimum atomic E-state index is -0.330. The van der Waals surface area contributed by atoms with Crippen LogP contribution in [0.3, 0.4) is 0 Å². The summed E-state index contributed by atoms with van der Waals surface area (Å²) in [6.07, 6.45) is 5.13. The Morgan fingerprint density at radius 1 is 1.32 bits per heavy atom. The Labute approximate surface area is 131 Å². The van der Waals surface area contributed by atoms with Gasteiger partial charge in [0.25, 0.3) is 5.91 Å². The van der Waals surface area contributed by atoms with Crippen molar-refractivity contribution in [3.05, 3.63) is 41.6 Å². The average molecular weight is 299 g/mol. The van der Waals surface area contributed by atoms with Gasteiger partial charge in [0.15, 0.2) is 0 Å². The molecule has 0 bridgehead atoms. The molecule has 0 radical (unpaired) electrons. The number of nitrogens with one attached hydrogen (secondary N) is 1. The van der Waals surface area contributed by atoms with Gasteiger partial charge in [0.1, 0.15) is 17.4 Å². The second kappa shape index (κ2) is 8.08. The van der Waals surface area contributed by atoms with Crippen molar-refractivity contribution in [3.8, 4) is 11.8 Å². The topological polar surface area (TPSA) is 65.4 Å². The lowest BCUT2D eigenvalue weighted by atomic mass is 10.1. The van der Waals surface area contributed by atoms with Crippen LogP contribution in [0.5, 0.6) is 5.75 Å². The third-order valence-corrected chi connectivity index (χ3v) is 3.68. The molecule has 1 fully saturated rings. The van der Waals surface area contributed by atoms with E-state index in [1.165, 1.54) is 6.42 Å². The maximum Gasteiger partial charge on any atom is 0.263 e. The largest absolute Gasteiger partial charge is 0.497 e. The van der Waals surface area contributed by atoms with Crippen LogP contribution in [0.4, 0.5) is 0 Å². The predicted octanol–water partition coefficient (Wildman–Crippen LogP) is 2.20. The van der Waals surface area contributed by atoms with Gasteiger partial charge in [-0.2, -0.15) is 5.26 Å². The normalized spacial score (nSPS) is 15.1. The van der Waals surface area contributed by atoms with Crippen LogP contribution in [0.2, 0.25) is 0 Å². The van der Waals surface area contributed by atoms with E-state index < -0.39 is 0 Å². The molecule has 1 aliphatic heterocycles. The Bertz CT molecular complexity index is 567. The number of likely N-dealkylation sites (tertiary alicyclic amines) is 1. The molecular weight excluding hydrogens is 278 g/mol. The summed E-state index contributed by atoms with van der Waals surface area (Å²) in [5, 5.41) is 12.0. The first kappa shape index (κ1) is 15.9. The van der Waals surface area contributed by atoms with E-state index in [-0.39, 0.29) is 11.5 Å². The van der Waals surface area contributed by atoms with Crippen molar-refractivity contribution in [1.82, 2.24) is 10.2 Å².